The molecule has 0 saturated carbocycles. The van der Waals surface area contributed by atoms with Crippen molar-refractivity contribution in [2.24, 2.45) is 0 Å². The molecule has 31 heavy (non-hydrogen) atoms. The number of benzene rings is 3. The molecule has 0 aliphatic heterocycles. The van der Waals surface area contributed by atoms with Gasteiger partial charge in [0.1, 0.15) is 5.75 Å². The minimum Gasteiger partial charge on any atom is -0.481 e. The van der Waals surface area contributed by atoms with E-state index in [4.69, 9.17) is 4.74 Å². The average molecular weight is 415 g/mol. The largest absolute Gasteiger partial charge is 0.481 e. The third kappa shape index (κ3) is 5.82. The van der Waals surface area contributed by atoms with Crippen molar-refractivity contribution in [2.75, 3.05) is 11.9 Å². The molecule has 3 aromatic rings. The molecular formula is C26H26N2O3. The molecule has 3 aromatic carbocycles. The number of carbonyl (C=O) groups is 2. The molecule has 0 heterocycles. The van der Waals surface area contributed by atoms with Gasteiger partial charge in [-0.25, -0.2) is 0 Å². The SMILES string of the molecule is C=CCNC(=O)c1ccccc1NC(=O)C(CC)Oc1ccc(-c2ccccc2)cc1. The zero-order chi connectivity index (χ0) is 22.1. The summed E-state index contributed by atoms with van der Waals surface area (Å²) in [6, 6.07) is 24.6. The lowest BCUT2D eigenvalue weighted by Crippen LogP contribution is -2.33. The Kier molecular flexibility index (Phi) is 7.60. The summed E-state index contributed by atoms with van der Waals surface area (Å²) in [5, 5.41) is 5.55. The summed E-state index contributed by atoms with van der Waals surface area (Å²) in [6.45, 7) is 5.82. The van der Waals surface area contributed by atoms with Crippen LogP contribution in [0.5, 0.6) is 5.75 Å². The molecule has 158 valence electrons. The second kappa shape index (κ2) is 10.8. The number of hydrogen-bond acceptors (Lipinski definition) is 3. The van der Waals surface area contributed by atoms with Gasteiger partial charge in [-0.2, -0.15) is 0 Å². The van der Waals surface area contributed by atoms with Crippen LogP contribution in [0.2, 0.25) is 0 Å². The number of anilines is 1. The zero-order valence-electron chi connectivity index (χ0n) is 17.5. The van der Waals surface area contributed by atoms with Crippen LogP contribution in [0.3, 0.4) is 0 Å². The summed E-state index contributed by atoms with van der Waals surface area (Å²) in [5.41, 5.74) is 3.02. The van der Waals surface area contributed by atoms with Crippen LogP contribution in [-0.2, 0) is 4.79 Å². The Balaban J connectivity index is 1.69. The first-order valence-corrected chi connectivity index (χ1v) is 10.2. The van der Waals surface area contributed by atoms with Gasteiger partial charge >= 0.3 is 0 Å². The maximum atomic E-state index is 12.8. The molecule has 0 spiro atoms. The van der Waals surface area contributed by atoms with E-state index in [-0.39, 0.29) is 11.8 Å². The van der Waals surface area contributed by atoms with E-state index in [1.54, 1.807) is 30.3 Å². The quantitative estimate of drug-likeness (QED) is 0.481. The van der Waals surface area contributed by atoms with Crippen LogP contribution in [-0.4, -0.2) is 24.5 Å². The topological polar surface area (TPSA) is 67.4 Å². The highest BCUT2D eigenvalue weighted by atomic mass is 16.5. The first-order valence-electron chi connectivity index (χ1n) is 10.2. The monoisotopic (exact) mass is 414 g/mol. The minimum absolute atomic E-state index is 0.277. The van der Waals surface area contributed by atoms with Gasteiger partial charge in [-0.3, -0.25) is 9.59 Å². The third-order valence-corrected chi connectivity index (χ3v) is 4.74. The minimum atomic E-state index is -0.688. The number of ether oxygens (including phenoxy) is 1. The van der Waals surface area contributed by atoms with Gasteiger partial charge in [0.15, 0.2) is 6.10 Å². The Hall–Kier alpha value is -3.86. The van der Waals surface area contributed by atoms with Crippen molar-refractivity contribution in [1.29, 1.82) is 0 Å². The van der Waals surface area contributed by atoms with Crippen molar-refractivity contribution in [3.8, 4) is 16.9 Å². The van der Waals surface area contributed by atoms with E-state index in [2.05, 4.69) is 17.2 Å². The van der Waals surface area contributed by atoms with Crippen LogP contribution in [0.4, 0.5) is 5.69 Å². The Morgan fingerprint density at radius 2 is 1.58 bits per heavy atom. The van der Waals surface area contributed by atoms with Gasteiger partial charge in [-0.15, -0.1) is 6.58 Å². The summed E-state index contributed by atoms with van der Waals surface area (Å²) < 4.78 is 5.93. The predicted molar refractivity (Wildman–Crippen MR) is 124 cm³/mol. The summed E-state index contributed by atoms with van der Waals surface area (Å²) >= 11 is 0. The first kappa shape index (κ1) is 21.8. The van der Waals surface area contributed by atoms with Crippen molar-refractivity contribution in [1.82, 2.24) is 5.32 Å². The van der Waals surface area contributed by atoms with Gasteiger partial charge in [0, 0.05) is 6.54 Å². The van der Waals surface area contributed by atoms with E-state index < -0.39 is 6.10 Å². The molecule has 0 radical (unpaired) electrons. The van der Waals surface area contributed by atoms with Crippen LogP contribution in [0.25, 0.3) is 11.1 Å². The molecule has 0 aliphatic carbocycles. The van der Waals surface area contributed by atoms with Crippen molar-refractivity contribution >= 4 is 17.5 Å². The highest BCUT2D eigenvalue weighted by Crippen LogP contribution is 2.23. The summed E-state index contributed by atoms with van der Waals surface area (Å²) in [7, 11) is 0. The molecule has 0 fully saturated rings. The molecule has 0 aromatic heterocycles. The van der Waals surface area contributed by atoms with Gasteiger partial charge in [-0.05, 0) is 41.8 Å². The normalized spacial score (nSPS) is 11.3. The Morgan fingerprint density at radius 1 is 0.935 bits per heavy atom. The highest BCUT2D eigenvalue weighted by Gasteiger charge is 2.21. The second-order valence-corrected chi connectivity index (χ2v) is 6.94. The lowest BCUT2D eigenvalue weighted by atomic mass is 10.1. The molecule has 2 amide bonds. The first-order chi connectivity index (χ1) is 15.1. The summed E-state index contributed by atoms with van der Waals surface area (Å²) in [6.07, 6.45) is 1.40. The summed E-state index contributed by atoms with van der Waals surface area (Å²) in [4.78, 5) is 25.2. The van der Waals surface area contributed by atoms with E-state index in [1.807, 2.05) is 61.5 Å². The van der Waals surface area contributed by atoms with Gasteiger partial charge in [-0.1, -0.05) is 67.6 Å². The fourth-order valence-electron chi connectivity index (χ4n) is 3.11. The average Bonchev–Trinajstić information content (AvgIpc) is 2.82. The maximum Gasteiger partial charge on any atom is 0.265 e. The van der Waals surface area contributed by atoms with E-state index in [1.165, 1.54) is 0 Å². The van der Waals surface area contributed by atoms with Gasteiger partial charge in [0.2, 0.25) is 0 Å². The Morgan fingerprint density at radius 3 is 2.26 bits per heavy atom. The fraction of sp³-hybridized carbons (Fsp3) is 0.154. The van der Waals surface area contributed by atoms with Crippen molar-refractivity contribution < 1.29 is 14.3 Å². The zero-order valence-corrected chi connectivity index (χ0v) is 17.5. The Bertz CT molecular complexity index is 1030. The number of amides is 2. The van der Waals surface area contributed by atoms with Crippen molar-refractivity contribution in [3.05, 3.63) is 97.1 Å². The van der Waals surface area contributed by atoms with Crippen LogP contribution >= 0.6 is 0 Å². The van der Waals surface area contributed by atoms with Crippen LogP contribution in [0.1, 0.15) is 23.7 Å². The molecular weight excluding hydrogens is 388 g/mol. The van der Waals surface area contributed by atoms with E-state index in [0.29, 0.717) is 30.0 Å². The predicted octanol–water partition coefficient (Wildman–Crippen LogP) is 5.07. The Labute approximate surface area is 182 Å². The maximum absolute atomic E-state index is 12.8. The molecule has 5 heteroatoms. The van der Waals surface area contributed by atoms with Gasteiger partial charge in [0.25, 0.3) is 11.8 Å². The number of hydrogen-bond donors (Lipinski definition) is 2. The van der Waals surface area contributed by atoms with E-state index in [0.717, 1.165) is 11.1 Å². The molecule has 0 bridgehead atoms. The molecule has 0 saturated heterocycles. The second-order valence-electron chi connectivity index (χ2n) is 6.94. The van der Waals surface area contributed by atoms with E-state index >= 15 is 0 Å². The lowest BCUT2D eigenvalue weighted by molar-refractivity contribution is -0.122. The summed E-state index contributed by atoms with van der Waals surface area (Å²) in [5.74, 6) is 0.0265. The standard InChI is InChI=1S/C26H26N2O3/c1-3-18-27-25(29)22-12-8-9-13-23(22)28-26(30)24(4-2)31-21-16-14-20(15-17-21)19-10-6-5-7-11-19/h3,5-17,24H,1,4,18H2,2H3,(H,27,29)(H,28,30). The van der Waals surface area contributed by atoms with Crippen LogP contribution < -0.4 is 15.4 Å². The van der Waals surface area contributed by atoms with Gasteiger partial charge < -0.3 is 15.4 Å². The number of rotatable bonds is 9. The number of para-hydroxylation sites is 1. The van der Waals surface area contributed by atoms with Crippen LogP contribution in [0, 0.1) is 0 Å². The van der Waals surface area contributed by atoms with Gasteiger partial charge in [0.05, 0.1) is 11.3 Å². The number of nitrogens with one attached hydrogen (secondary N) is 2. The molecule has 0 aliphatic rings. The number of carbonyl (C=O) groups excluding carboxylic acids is 2. The van der Waals surface area contributed by atoms with E-state index in [9.17, 15) is 9.59 Å². The molecule has 1 atom stereocenters. The van der Waals surface area contributed by atoms with Crippen LogP contribution in [0.15, 0.2) is 91.5 Å². The molecule has 1 unspecified atom stereocenters. The molecule has 3 rings (SSSR count). The third-order valence-electron chi connectivity index (χ3n) is 4.74. The highest BCUT2D eigenvalue weighted by molar-refractivity contribution is 6.04. The van der Waals surface area contributed by atoms with Crippen molar-refractivity contribution in [2.45, 2.75) is 19.4 Å². The smallest absolute Gasteiger partial charge is 0.265 e. The molecule has 2 N–H and O–H groups in total. The fourth-order valence-corrected chi connectivity index (χ4v) is 3.11. The van der Waals surface area contributed by atoms with Crippen molar-refractivity contribution in [3.63, 3.8) is 0 Å². The lowest BCUT2D eigenvalue weighted by Gasteiger charge is -2.18. The molecule has 5 nitrogen and oxygen atoms in total.